The first-order valence-corrected chi connectivity index (χ1v) is 11.2. The van der Waals surface area contributed by atoms with Gasteiger partial charge in [0.2, 0.25) is 11.8 Å². The standard InChI is InChI=1S/C24H26FN5OS/c25-19-12-10-18(11-13-19)17-26-24(32)29-23-27-21(30-14-6-1-2-7-15-30)16-22(28-23)31-20-8-4-3-5-9-20/h3-5,8-13,16H,1-2,6-7,14-15,17H2,(H2,26,27,28,29,32). The Kier molecular flexibility index (Phi) is 7.45. The summed E-state index contributed by atoms with van der Waals surface area (Å²) in [4.78, 5) is 11.5. The van der Waals surface area contributed by atoms with Gasteiger partial charge in [-0.2, -0.15) is 9.97 Å². The monoisotopic (exact) mass is 451 g/mol. The first kappa shape index (κ1) is 22.0. The zero-order valence-corrected chi connectivity index (χ0v) is 18.6. The van der Waals surface area contributed by atoms with Crippen LogP contribution in [-0.4, -0.2) is 28.2 Å². The number of thiocarbonyl (C=S) groups is 1. The molecule has 166 valence electrons. The Balaban J connectivity index is 1.49. The van der Waals surface area contributed by atoms with Crippen LogP contribution < -0.4 is 20.3 Å². The molecule has 8 heteroatoms. The predicted molar refractivity (Wildman–Crippen MR) is 129 cm³/mol. The van der Waals surface area contributed by atoms with Gasteiger partial charge < -0.3 is 20.3 Å². The fourth-order valence-electron chi connectivity index (χ4n) is 3.52. The minimum absolute atomic E-state index is 0.265. The molecule has 1 fully saturated rings. The van der Waals surface area contributed by atoms with Gasteiger partial charge in [0.05, 0.1) is 0 Å². The number of ether oxygens (including phenoxy) is 1. The van der Waals surface area contributed by atoms with Gasteiger partial charge in [-0.25, -0.2) is 4.39 Å². The van der Waals surface area contributed by atoms with Crippen molar-refractivity contribution in [2.45, 2.75) is 32.2 Å². The molecule has 1 saturated heterocycles. The van der Waals surface area contributed by atoms with Crippen LogP contribution >= 0.6 is 12.2 Å². The largest absolute Gasteiger partial charge is 0.439 e. The first-order valence-electron chi connectivity index (χ1n) is 10.8. The van der Waals surface area contributed by atoms with Crippen molar-refractivity contribution in [3.63, 3.8) is 0 Å². The van der Waals surface area contributed by atoms with Crippen LogP contribution in [0.25, 0.3) is 0 Å². The predicted octanol–water partition coefficient (Wildman–Crippen LogP) is 5.28. The summed E-state index contributed by atoms with van der Waals surface area (Å²) in [5.74, 6) is 2.08. The molecule has 2 aromatic carbocycles. The highest BCUT2D eigenvalue weighted by molar-refractivity contribution is 7.80. The highest BCUT2D eigenvalue weighted by Gasteiger charge is 2.15. The third-order valence-electron chi connectivity index (χ3n) is 5.18. The third kappa shape index (κ3) is 6.37. The molecule has 3 aromatic rings. The van der Waals surface area contributed by atoms with Crippen LogP contribution in [0.3, 0.4) is 0 Å². The quantitative estimate of drug-likeness (QED) is 0.495. The summed E-state index contributed by atoms with van der Waals surface area (Å²) in [5.41, 5.74) is 0.919. The van der Waals surface area contributed by atoms with E-state index in [9.17, 15) is 4.39 Å². The molecule has 32 heavy (non-hydrogen) atoms. The second-order valence-electron chi connectivity index (χ2n) is 7.64. The molecule has 2 N–H and O–H groups in total. The van der Waals surface area contributed by atoms with E-state index in [1.807, 2.05) is 36.4 Å². The zero-order valence-electron chi connectivity index (χ0n) is 17.8. The van der Waals surface area contributed by atoms with E-state index in [1.54, 1.807) is 12.1 Å². The van der Waals surface area contributed by atoms with Crippen molar-refractivity contribution in [2.24, 2.45) is 0 Å². The molecule has 0 aliphatic carbocycles. The van der Waals surface area contributed by atoms with E-state index >= 15 is 0 Å². The molecule has 0 atom stereocenters. The minimum atomic E-state index is -0.265. The van der Waals surface area contributed by atoms with E-state index in [1.165, 1.54) is 25.0 Å². The van der Waals surface area contributed by atoms with Crippen LogP contribution in [0.2, 0.25) is 0 Å². The maximum Gasteiger partial charge on any atom is 0.234 e. The summed E-state index contributed by atoms with van der Waals surface area (Å²) < 4.78 is 19.1. The van der Waals surface area contributed by atoms with Gasteiger partial charge in [-0.05, 0) is 54.9 Å². The molecule has 2 heterocycles. The van der Waals surface area contributed by atoms with Crippen LogP contribution in [0, 0.1) is 5.82 Å². The lowest BCUT2D eigenvalue weighted by atomic mass is 10.2. The molecule has 0 amide bonds. The normalized spacial score (nSPS) is 13.8. The Hall–Kier alpha value is -3.26. The number of nitrogens with one attached hydrogen (secondary N) is 2. The molecule has 1 aliphatic rings. The van der Waals surface area contributed by atoms with Gasteiger partial charge in [0.1, 0.15) is 17.4 Å². The second kappa shape index (κ2) is 10.9. The number of benzene rings is 2. The lowest BCUT2D eigenvalue weighted by Gasteiger charge is -2.22. The van der Waals surface area contributed by atoms with E-state index in [0.717, 1.165) is 37.3 Å². The number of anilines is 2. The molecule has 0 unspecified atom stereocenters. The van der Waals surface area contributed by atoms with Crippen LogP contribution in [0.15, 0.2) is 60.7 Å². The van der Waals surface area contributed by atoms with E-state index in [4.69, 9.17) is 21.9 Å². The Morgan fingerprint density at radius 1 is 0.969 bits per heavy atom. The number of halogens is 1. The molecule has 4 rings (SSSR count). The summed E-state index contributed by atoms with van der Waals surface area (Å²) in [6.07, 6.45) is 4.74. The SMILES string of the molecule is Fc1ccc(CNC(=S)Nc2nc(Oc3ccccc3)cc(N3CCCCCC3)n2)cc1. The second-order valence-corrected chi connectivity index (χ2v) is 8.05. The van der Waals surface area contributed by atoms with Crippen molar-refractivity contribution >= 4 is 29.1 Å². The number of para-hydroxylation sites is 1. The van der Waals surface area contributed by atoms with Gasteiger partial charge in [-0.15, -0.1) is 0 Å². The van der Waals surface area contributed by atoms with Crippen molar-refractivity contribution in [3.8, 4) is 11.6 Å². The number of hydrogen-bond acceptors (Lipinski definition) is 5. The average Bonchev–Trinajstić information content (AvgIpc) is 3.09. The Bertz CT molecular complexity index is 1020. The zero-order chi connectivity index (χ0) is 22.2. The molecular weight excluding hydrogens is 425 g/mol. The molecule has 1 aliphatic heterocycles. The summed E-state index contributed by atoms with van der Waals surface area (Å²) in [6.45, 7) is 2.37. The highest BCUT2D eigenvalue weighted by Crippen LogP contribution is 2.26. The maximum atomic E-state index is 13.1. The fraction of sp³-hybridized carbons (Fsp3) is 0.292. The summed E-state index contributed by atoms with van der Waals surface area (Å²) >= 11 is 5.42. The fourth-order valence-corrected chi connectivity index (χ4v) is 3.69. The van der Waals surface area contributed by atoms with Crippen molar-refractivity contribution in [2.75, 3.05) is 23.3 Å². The smallest absolute Gasteiger partial charge is 0.234 e. The van der Waals surface area contributed by atoms with Crippen LogP contribution in [0.1, 0.15) is 31.2 Å². The maximum absolute atomic E-state index is 13.1. The van der Waals surface area contributed by atoms with Crippen molar-refractivity contribution in [3.05, 3.63) is 72.0 Å². The van der Waals surface area contributed by atoms with Gasteiger partial charge in [0.25, 0.3) is 0 Å². The number of aromatic nitrogens is 2. The number of hydrogen-bond donors (Lipinski definition) is 2. The average molecular weight is 452 g/mol. The van der Waals surface area contributed by atoms with E-state index in [0.29, 0.717) is 29.2 Å². The summed E-state index contributed by atoms with van der Waals surface area (Å²) in [6, 6.07) is 17.7. The molecular formula is C24H26FN5OS. The van der Waals surface area contributed by atoms with E-state index < -0.39 is 0 Å². The Labute approximate surface area is 192 Å². The van der Waals surface area contributed by atoms with E-state index in [-0.39, 0.29) is 5.82 Å². The highest BCUT2D eigenvalue weighted by atomic mass is 32.1. The summed E-state index contributed by atoms with van der Waals surface area (Å²) in [7, 11) is 0. The van der Waals surface area contributed by atoms with Crippen molar-refractivity contribution < 1.29 is 9.13 Å². The molecule has 1 aromatic heterocycles. The number of rotatable bonds is 6. The molecule has 0 saturated carbocycles. The molecule has 0 spiro atoms. The van der Waals surface area contributed by atoms with Crippen LogP contribution in [0.5, 0.6) is 11.6 Å². The Morgan fingerprint density at radius 2 is 1.69 bits per heavy atom. The third-order valence-corrected chi connectivity index (χ3v) is 5.42. The van der Waals surface area contributed by atoms with Gasteiger partial charge >= 0.3 is 0 Å². The van der Waals surface area contributed by atoms with Crippen molar-refractivity contribution in [1.82, 2.24) is 15.3 Å². The molecule has 0 radical (unpaired) electrons. The van der Waals surface area contributed by atoms with Crippen LogP contribution in [-0.2, 0) is 6.54 Å². The van der Waals surface area contributed by atoms with Gasteiger partial charge in [-0.1, -0.05) is 43.2 Å². The van der Waals surface area contributed by atoms with Gasteiger partial charge in [0, 0.05) is 25.7 Å². The first-order chi connectivity index (χ1) is 15.7. The number of nitrogens with zero attached hydrogens (tertiary/aromatic N) is 3. The van der Waals surface area contributed by atoms with Crippen LogP contribution in [0.4, 0.5) is 16.2 Å². The van der Waals surface area contributed by atoms with E-state index in [2.05, 4.69) is 20.5 Å². The topological polar surface area (TPSA) is 62.3 Å². The van der Waals surface area contributed by atoms with Gasteiger partial charge in [0.15, 0.2) is 5.11 Å². The lowest BCUT2D eigenvalue weighted by Crippen LogP contribution is -2.30. The minimum Gasteiger partial charge on any atom is -0.439 e. The molecule has 0 bridgehead atoms. The van der Waals surface area contributed by atoms with Gasteiger partial charge in [-0.3, -0.25) is 0 Å². The lowest BCUT2D eigenvalue weighted by molar-refractivity contribution is 0.462. The van der Waals surface area contributed by atoms with Crippen molar-refractivity contribution in [1.29, 1.82) is 0 Å². The molecule has 6 nitrogen and oxygen atoms in total. The Morgan fingerprint density at radius 3 is 2.41 bits per heavy atom. The summed E-state index contributed by atoms with van der Waals surface area (Å²) in [5, 5.41) is 6.55.